The molecular weight excluding hydrogens is 374 g/mol. The van der Waals surface area contributed by atoms with Gasteiger partial charge in [0.15, 0.2) is 0 Å². The van der Waals surface area contributed by atoms with Crippen LogP contribution in [0.15, 0.2) is 58.1 Å². The molecule has 3 rings (SSSR count). The lowest BCUT2D eigenvalue weighted by atomic mass is 10.1. The van der Waals surface area contributed by atoms with Crippen LogP contribution in [0.5, 0.6) is 5.75 Å². The Hall–Kier alpha value is -2.58. The molecule has 2 N–H and O–H groups in total. The molecule has 0 saturated carbocycles. The fraction of sp³-hybridized carbons (Fsp3) is 0.167. The number of carboxylic acids is 1. The average molecular weight is 391 g/mol. The van der Waals surface area contributed by atoms with E-state index >= 15 is 0 Å². The highest BCUT2D eigenvalue weighted by molar-refractivity contribution is 7.94. The number of sulfonamides is 1. The summed E-state index contributed by atoms with van der Waals surface area (Å²) in [4.78, 5) is 10.6. The summed E-state index contributed by atoms with van der Waals surface area (Å²) in [6.45, 7) is 0.274. The van der Waals surface area contributed by atoms with E-state index in [0.29, 0.717) is 23.2 Å². The topological polar surface area (TPSA) is 92.7 Å². The van der Waals surface area contributed by atoms with Crippen molar-refractivity contribution < 1.29 is 23.1 Å². The van der Waals surface area contributed by atoms with E-state index in [1.807, 2.05) is 24.3 Å². The highest BCUT2D eigenvalue weighted by Crippen LogP contribution is 2.33. The van der Waals surface area contributed by atoms with Gasteiger partial charge in [0.05, 0.1) is 12.3 Å². The molecule has 26 heavy (non-hydrogen) atoms. The van der Waals surface area contributed by atoms with Gasteiger partial charge in [0, 0.05) is 17.2 Å². The van der Waals surface area contributed by atoms with E-state index in [1.165, 1.54) is 0 Å². The number of thiophene rings is 1. The van der Waals surface area contributed by atoms with Crippen molar-refractivity contribution in [2.24, 2.45) is 0 Å². The monoisotopic (exact) mass is 391 g/mol. The second kappa shape index (κ2) is 7.76. The zero-order chi connectivity index (χ0) is 18.6. The summed E-state index contributed by atoms with van der Waals surface area (Å²) in [6, 6.07) is 13.9. The Morgan fingerprint density at radius 2 is 1.85 bits per heavy atom. The molecule has 0 bridgehead atoms. The van der Waals surface area contributed by atoms with Crippen LogP contribution in [0, 0.1) is 0 Å². The van der Waals surface area contributed by atoms with Crippen molar-refractivity contribution in [2.45, 2.75) is 17.1 Å². The Balaban J connectivity index is 1.87. The van der Waals surface area contributed by atoms with Crippen molar-refractivity contribution in [3.05, 3.63) is 53.9 Å². The lowest BCUT2D eigenvalue weighted by Gasteiger charge is -2.13. The first-order valence-electron chi connectivity index (χ1n) is 7.90. The van der Waals surface area contributed by atoms with Crippen molar-refractivity contribution in [1.29, 1.82) is 0 Å². The molecule has 0 aliphatic heterocycles. The normalized spacial score (nSPS) is 11.4. The Bertz CT molecular complexity index is 1010. The summed E-state index contributed by atoms with van der Waals surface area (Å²) in [5.41, 5.74) is 0.465. The van der Waals surface area contributed by atoms with Crippen LogP contribution in [-0.2, 0) is 14.8 Å². The molecule has 3 aromatic rings. The summed E-state index contributed by atoms with van der Waals surface area (Å²) in [6.07, 6.45) is 0.438. The van der Waals surface area contributed by atoms with Gasteiger partial charge in [-0.1, -0.05) is 30.3 Å². The zero-order valence-electron chi connectivity index (χ0n) is 13.7. The van der Waals surface area contributed by atoms with Gasteiger partial charge in [-0.2, -0.15) is 0 Å². The largest absolute Gasteiger partial charge is 0.493 e. The first-order valence-corrected chi connectivity index (χ1v) is 10.3. The Morgan fingerprint density at radius 1 is 1.08 bits per heavy atom. The minimum absolute atomic E-state index is 0.0383. The third kappa shape index (κ3) is 4.14. The number of nitrogens with one attached hydrogen (secondary N) is 1. The lowest BCUT2D eigenvalue weighted by Crippen LogP contribution is -2.12. The molecule has 0 aliphatic rings. The van der Waals surface area contributed by atoms with Crippen molar-refractivity contribution >= 4 is 43.8 Å². The van der Waals surface area contributed by atoms with Gasteiger partial charge in [0.25, 0.3) is 10.0 Å². The molecule has 0 radical (unpaired) electrons. The second-order valence-electron chi connectivity index (χ2n) is 5.54. The summed E-state index contributed by atoms with van der Waals surface area (Å²) in [5.74, 6) is -0.276. The number of ether oxygens (including phenoxy) is 1. The maximum atomic E-state index is 12.5. The van der Waals surface area contributed by atoms with Gasteiger partial charge >= 0.3 is 5.97 Å². The quantitative estimate of drug-likeness (QED) is 0.567. The molecule has 0 aliphatic carbocycles. The molecule has 0 unspecified atom stereocenters. The van der Waals surface area contributed by atoms with Crippen LogP contribution in [0.25, 0.3) is 10.8 Å². The Labute approximate surface area is 155 Å². The predicted molar refractivity (Wildman–Crippen MR) is 101 cm³/mol. The van der Waals surface area contributed by atoms with Crippen molar-refractivity contribution in [3.8, 4) is 5.75 Å². The highest BCUT2D eigenvalue weighted by Gasteiger charge is 2.17. The third-order valence-electron chi connectivity index (χ3n) is 3.68. The fourth-order valence-corrected chi connectivity index (χ4v) is 4.58. The van der Waals surface area contributed by atoms with Crippen molar-refractivity contribution in [1.82, 2.24) is 0 Å². The maximum absolute atomic E-state index is 12.5. The fourth-order valence-electron chi connectivity index (χ4n) is 2.50. The summed E-state index contributed by atoms with van der Waals surface area (Å²) in [7, 11) is -3.64. The smallest absolute Gasteiger partial charge is 0.303 e. The number of rotatable bonds is 8. The van der Waals surface area contributed by atoms with Crippen molar-refractivity contribution in [3.63, 3.8) is 0 Å². The summed E-state index contributed by atoms with van der Waals surface area (Å²) >= 11 is 1.15. The number of anilines is 1. The van der Waals surface area contributed by atoms with Crippen LogP contribution >= 0.6 is 11.3 Å². The van der Waals surface area contributed by atoms with E-state index in [9.17, 15) is 13.2 Å². The number of carboxylic acid groups (broad SMARTS) is 1. The lowest BCUT2D eigenvalue weighted by molar-refractivity contribution is -0.137. The molecule has 0 amide bonds. The molecule has 2 aromatic carbocycles. The number of fused-ring (bicyclic) bond motifs is 1. The molecular formula is C18H17NO5S2. The minimum Gasteiger partial charge on any atom is -0.493 e. The highest BCUT2D eigenvalue weighted by atomic mass is 32.2. The Kier molecular flexibility index (Phi) is 5.43. The predicted octanol–water partition coefficient (Wildman–Crippen LogP) is 3.95. The van der Waals surface area contributed by atoms with E-state index in [0.717, 1.165) is 16.7 Å². The van der Waals surface area contributed by atoms with E-state index in [4.69, 9.17) is 9.84 Å². The van der Waals surface area contributed by atoms with Gasteiger partial charge in [-0.15, -0.1) is 11.3 Å². The van der Waals surface area contributed by atoms with E-state index in [1.54, 1.807) is 29.6 Å². The van der Waals surface area contributed by atoms with Crippen LogP contribution in [0.3, 0.4) is 0 Å². The maximum Gasteiger partial charge on any atom is 0.303 e. The van der Waals surface area contributed by atoms with Gasteiger partial charge in [-0.25, -0.2) is 8.42 Å². The second-order valence-corrected chi connectivity index (χ2v) is 8.40. The molecule has 0 saturated heterocycles. The van der Waals surface area contributed by atoms with Crippen LogP contribution < -0.4 is 9.46 Å². The van der Waals surface area contributed by atoms with E-state index in [-0.39, 0.29) is 17.2 Å². The van der Waals surface area contributed by atoms with E-state index < -0.39 is 16.0 Å². The number of hydrogen-bond donors (Lipinski definition) is 2. The van der Waals surface area contributed by atoms with Crippen LogP contribution in [0.1, 0.15) is 12.8 Å². The van der Waals surface area contributed by atoms with Crippen LogP contribution in [-0.4, -0.2) is 26.1 Å². The summed E-state index contributed by atoms with van der Waals surface area (Å²) in [5, 5.41) is 11.9. The van der Waals surface area contributed by atoms with Gasteiger partial charge in [0.2, 0.25) is 0 Å². The first-order chi connectivity index (χ1) is 12.5. The van der Waals surface area contributed by atoms with Crippen molar-refractivity contribution in [2.75, 3.05) is 11.3 Å². The number of benzene rings is 2. The number of hydrogen-bond acceptors (Lipinski definition) is 5. The molecule has 1 heterocycles. The molecule has 0 fully saturated rings. The van der Waals surface area contributed by atoms with E-state index in [2.05, 4.69) is 4.72 Å². The SMILES string of the molecule is O=C(O)CCCOc1ccc(NS(=O)(=O)c2cccs2)c2ccccc12. The average Bonchev–Trinajstić information content (AvgIpc) is 3.15. The van der Waals surface area contributed by atoms with Gasteiger partial charge < -0.3 is 9.84 Å². The molecule has 0 atom stereocenters. The summed E-state index contributed by atoms with van der Waals surface area (Å²) < 4.78 is 33.5. The standard InChI is InChI=1S/C18H17NO5S2/c20-17(21)7-3-11-24-16-10-9-15(13-5-1-2-6-14(13)16)19-26(22,23)18-8-4-12-25-18/h1-2,4-6,8-10,12,19H,3,7,11H2,(H,20,21). The third-order valence-corrected chi connectivity index (χ3v) is 6.44. The number of aliphatic carboxylic acids is 1. The van der Waals surface area contributed by atoms with Gasteiger partial charge in [-0.3, -0.25) is 9.52 Å². The van der Waals surface area contributed by atoms with Crippen LogP contribution in [0.2, 0.25) is 0 Å². The van der Waals surface area contributed by atoms with Gasteiger partial charge in [-0.05, 0) is 30.0 Å². The molecule has 6 nitrogen and oxygen atoms in total. The minimum atomic E-state index is -3.64. The molecule has 0 spiro atoms. The number of carbonyl (C=O) groups is 1. The molecule has 8 heteroatoms. The molecule has 1 aromatic heterocycles. The zero-order valence-corrected chi connectivity index (χ0v) is 15.3. The van der Waals surface area contributed by atoms with Gasteiger partial charge in [0.1, 0.15) is 9.96 Å². The first kappa shape index (κ1) is 18.2. The van der Waals surface area contributed by atoms with Crippen LogP contribution in [0.4, 0.5) is 5.69 Å². The Morgan fingerprint density at radius 3 is 2.54 bits per heavy atom. The molecule has 136 valence electrons.